The van der Waals surface area contributed by atoms with Crippen molar-refractivity contribution in [1.29, 1.82) is 0 Å². The number of carbonyl (C=O) groups excluding carboxylic acids is 1. The van der Waals surface area contributed by atoms with Crippen molar-refractivity contribution in [2.24, 2.45) is 5.92 Å². The van der Waals surface area contributed by atoms with Crippen LogP contribution in [0.3, 0.4) is 0 Å². The molecular weight excluding hydrogens is 416 g/mol. The van der Waals surface area contributed by atoms with Crippen LogP contribution in [-0.4, -0.2) is 41.9 Å². The van der Waals surface area contributed by atoms with Crippen molar-refractivity contribution in [2.75, 3.05) is 18.4 Å². The number of piperidine rings is 1. The van der Waals surface area contributed by atoms with Gasteiger partial charge < -0.3 is 4.42 Å². The lowest BCUT2D eigenvalue weighted by atomic mass is 10.0. The number of amides is 1. The molecule has 2 aromatic carbocycles. The minimum Gasteiger partial charge on any atom is -0.403 e. The number of rotatable bonds is 5. The first-order valence-corrected chi connectivity index (χ1v) is 11.6. The van der Waals surface area contributed by atoms with Crippen molar-refractivity contribution in [3.63, 3.8) is 0 Å². The van der Waals surface area contributed by atoms with Gasteiger partial charge in [-0.15, -0.1) is 5.10 Å². The molecular formula is C22H24N4O4S. The van der Waals surface area contributed by atoms with Crippen molar-refractivity contribution >= 4 is 21.9 Å². The summed E-state index contributed by atoms with van der Waals surface area (Å²) in [4.78, 5) is 12.7. The van der Waals surface area contributed by atoms with E-state index in [1.807, 2.05) is 31.2 Å². The van der Waals surface area contributed by atoms with E-state index in [1.54, 1.807) is 0 Å². The van der Waals surface area contributed by atoms with E-state index in [4.69, 9.17) is 4.42 Å². The average molecular weight is 441 g/mol. The summed E-state index contributed by atoms with van der Waals surface area (Å²) in [6.07, 6.45) is 1.89. The predicted octanol–water partition coefficient (Wildman–Crippen LogP) is 3.72. The van der Waals surface area contributed by atoms with Crippen LogP contribution in [0.15, 0.2) is 57.8 Å². The largest absolute Gasteiger partial charge is 0.403 e. The monoisotopic (exact) mass is 440 g/mol. The summed E-state index contributed by atoms with van der Waals surface area (Å²) in [7, 11) is -3.57. The molecule has 0 spiro atoms. The Kier molecular flexibility index (Phi) is 5.88. The van der Waals surface area contributed by atoms with Crippen LogP contribution in [0.4, 0.5) is 6.01 Å². The number of hydrogen-bond donors (Lipinski definition) is 1. The van der Waals surface area contributed by atoms with Gasteiger partial charge in [-0.3, -0.25) is 10.1 Å². The van der Waals surface area contributed by atoms with E-state index in [0.717, 1.165) is 24.0 Å². The number of carbonyl (C=O) groups is 1. The average Bonchev–Trinajstić information content (AvgIpc) is 3.22. The summed E-state index contributed by atoms with van der Waals surface area (Å²) in [6, 6.07) is 13.4. The van der Waals surface area contributed by atoms with E-state index in [0.29, 0.717) is 30.5 Å². The van der Waals surface area contributed by atoms with Gasteiger partial charge in [-0.25, -0.2) is 8.42 Å². The normalized spacial score (nSPS) is 17.4. The van der Waals surface area contributed by atoms with Crippen LogP contribution in [0, 0.1) is 12.8 Å². The first-order valence-electron chi connectivity index (χ1n) is 10.1. The zero-order valence-corrected chi connectivity index (χ0v) is 18.2. The van der Waals surface area contributed by atoms with Crippen LogP contribution >= 0.6 is 0 Å². The van der Waals surface area contributed by atoms with Crippen LogP contribution in [0.1, 0.15) is 35.7 Å². The summed E-state index contributed by atoms with van der Waals surface area (Å²) in [5.74, 6) is 0.176. The number of aryl methyl sites for hydroxylation is 1. The summed E-state index contributed by atoms with van der Waals surface area (Å²) >= 11 is 0. The second kappa shape index (κ2) is 8.60. The lowest BCUT2D eigenvalue weighted by Gasteiger charge is -2.30. The van der Waals surface area contributed by atoms with Crippen molar-refractivity contribution in [3.8, 4) is 11.5 Å². The molecule has 1 atom stereocenters. The number of nitrogens with zero attached hydrogens (tertiary/aromatic N) is 3. The van der Waals surface area contributed by atoms with E-state index in [-0.39, 0.29) is 10.9 Å². The molecule has 3 aromatic rings. The molecule has 0 saturated carbocycles. The Bertz CT molecular complexity index is 1170. The number of nitrogens with one attached hydrogen (secondary N) is 1. The van der Waals surface area contributed by atoms with Crippen LogP contribution in [0.25, 0.3) is 11.5 Å². The molecule has 162 valence electrons. The fourth-order valence-corrected chi connectivity index (χ4v) is 5.15. The Balaban J connectivity index is 1.45. The zero-order valence-electron chi connectivity index (χ0n) is 17.4. The number of hydrogen-bond acceptors (Lipinski definition) is 6. The molecule has 1 fully saturated rings. The zero-order chi connectivity index (χ0) is 22.0. The van der Waals surface area contributed by atoms with Crippen LogP contribution in [-0.2, 0) is 10.0 Å². The highest BCUT2D eigenvalue weighted by molar-refractivity contribution is 7.89. The Morgan fingerprint density at radius 3 is 2.48 bits per heavy atom. The van der Waals surface area contributed by atoms with Gasteiger partial charge in [0.05, 0.1) is 4.90 Å². The van der Waals surface area contributed by atoms with Crippen LogP contribution < -0.4 is 5.32 Å². The topological polar surface area (TPSA) is 105 Å². The Hall–Kier alpha value is -3.04. The highest BCUT2D eigenvalue weighted by atomic mass is 32.2. The maximum atomic E-state index is 12.9. The fourth-order valence-electron chi connectivity index (χ4n) is 3.55. The van der Waals surface area contributed by atoms with Gasteiger partial charge in [0.2, 0.25) is 15.9 Å². The highest BCUT2D eigenvalue weighted by Crippen LogP contribution is 2.24. The Morgan fingerprint density at radius 2 is 1.81 bits per heavy atom. The predicted molar refractivity (Wildman–Crippen MR) is 116 cm³/mol. The minimum absolute atomic E-state index is 0.0282. The maximum absolute atomic E-state index is 12.9. The van der Waals surface area contributed by atoms with Crippen molar-refractivity contribution in [3.05, 3.63) is 59.7 Å². The molecule has 1 aliphatic heterocycles. The van der Waals surface area contributed by atoms with E-state index >= 15 is 0 Å². The van der Waals surface area contributed by atoms with Crippen molar-refractivity contribution < 1.29 is 17.6 Å². The molecule has 2 heterocycles. The Morgan fingerprint density at radius 1 is 1.10 bits per heavy atom. The summed E-state index contributed by atoms with van der Waals surface area (Å²) in [5.41, 5.74) is 2.15. The smallest absolute Gasteiger partial charge is 0.322 e. The van der Waals surface area contributed by atoms with Gasteiger partial charge in [-0.1, -0.05) is 29.7 Å². The van der Waals surface area contributed by atoms with Crippen LogP contribution in [0.2, 0.25) is 0 Å². The standard InChI is InChI=1S/C22H24N4O4S/c1-15-5-7-18(8-6-15)21-24-25-22(30-21)23-20(27)17-9-11-19(12-10-17)31(28,29)26-13-3-4-16(2)14-26/h5-12,16H,3-4,13-14H2,1-2H3,(H,23,25,27). The first-order chi connectivity index (χ1) is 14.8. The first kappa shape index (κ1) is 21.2. The molecule has 1 unspecified atom stereocenters. The molecule has 1 aliphatic rings. The third kappa shape index (κ3) is 4.67. The third-order valence-corrected chi connectivity index (χ3v) is 7.20. The summed E-state index contributed by atoms with van der Waals surface area (Å²) in [6.45, 7) is 5.07. The van der Waals surface area contributed by atoms with Gasteiger partial charge in [0.15, 0.2) is 0 Å². The van der Waals surface area contributed by atoms with Crippen molar-refractivity contribution in [2.45, 2.75) is 31.6 Å². The van der Waals surface area contributed by atoms with E-state index < -0.39 is 15.9 Å². The molecule has 1 aromatic heterocycles. The van der Waals surface area contributed by atoms with Gasteiger partial charge in [-0.05, 0) is 62.1 Å². The minimum atomic E-state index is -3.57. The van der Waals surface area contributed by atoms with Crippen molar-refractivity contribution in [1.82, 2.24) is 14.5 Å². The third-order valence-electron chi connectivity index (χ3n) is 5.32. The lowest BCUT2D eigenvalue weighted by Crippen LogP contribution is -2.39. The molecule has 8 nitrogen and oxygen atoms in total. The Labute approximate surface area is 181 Å². The molecule has 9 heteroatoms. The highest BCUT2D eigenvalue weighted by Gasteiger charge is 2.28. The van der Waals surface area contributed by atoms with E-state index in [1.165, 1.54) is 28.6 Å². The quantitative estimate of drug-likeness (QED) is 0.648. The fraction of sp³-hybridized carbons (Fsp3) is 0.318. The van der Waals surface area contributed by atoms with E-state index in [9.17, 15) is 13.2 Å². The molecule has 1 saturated heterocycles. The van der Waals surface area contributed by atoms with Gasteiger partial charge in [0.25, 0.3) is 5.91 Å². The summed E-state index contributed by atoms with van der Waals surface area (Å²) < 4.78 is 32.7. The SMILES string of the molecule is Cc1ccc(-c2nnc(NC(=O)c3ccc(S(=O)(=O)N4CCCC(C)C4)cc3)o2)cc1. The molecule has 0 aliphatic carbocycles. The lowest BCUT2D eigenvalue weighted by molar-refractivity contribution is 0.102. The van der Waals surface area contributed by atoms with Gasteiger partial charge in [0, 0.05) is 24.2 Å². The number of sulfonamides is 1. The van der Waals surface area contributed by atoms with Gasteiger partial charge in [0.1, 0.15) is 0 Å². The van der Waals surface area contributed by atoms with E-state index in [2.05, 4.69) is 22.4 Å². The second-order valence-corrected chi connectivity index (χ2v) is 9.81. The molecule has 0 bridgehead atoms. The summed E-state index contributed by atoms with van der Waals surface area (Å²) in [5, 5.41) is 10.4. The number of aromatic nitrogens is 2. The molecule has 31 heavy (non-hydrogen) atoms. The molecule has 1 N–H and O–H groups in total. The molecule has 1 amide bonds. The maximum Gasteiger partial charge on any atom is 0.322 e. The molecule has 0 radical (unpaired) electrons. The van der Waals surface area contributed by atoms with Gasteiger partial charge in [-0.2, -0.15) is 4.31 Å². The molecule has 4 rings (SSSR count). The van der Waals surface area contributed by atoms with Gasteiger partial charge >= 0.3 is 6.01 Å². The second-order valence-electron chi connectivity index (χ2n) is 7.87. The van der Waals surface area contributed by atoms with Crippen LogP contribution in [0.5, 0.6) is 0 Å². The number of anilines is 1. The number of benzene rings is 2.